The van der Waals surface area contributed by atoms with Gasteiger partial charge in [-0.25, -0.2) is 4.79 Å². The molecule has 0 aliphatic rings. The van der Waals surface area contributed by atoms with Gasteiger partial charge in [0.2, 0.25) is 17.7 Å². The fraction of sp³-hybridized carbons (Fsp3) is 0.873. The molecule has 0 saturated carbocycles. The van der Waals surface area contributed by atoms with E-state index >= 15 is 0 Å². The standard InChI is InChI=1S/C55H102N4O16/c1-54(2,3)74-52(66)26-22-20-18-16-14-12-10-9-11-13-15-17-19-21-25-49(62)58-47(53(67)75-55(4,5)6)27-28-48(61)57-31-36-70-41-42-72-44-46(60)24-23-34-68-40-43-73-45-50(63)56-30-32-59(7,8)33-37-71-39-38-69-35-29-51(64)65/h47H,9-45H2,1-8H3,(H3-,56,57,58,61,62,63,64,65)/p+1/t47-/m0/s1. The number of ether oxygens (including phenoxy) is 8. The number of hydrogen-bond acceptors (Lipinski definition) is 15. The Morgan fingerprint density at radius 1 is 0.440 bits per heavy atom. The summed E-state index contributed by atoms with van der Waals surface area (Å²) >= 11 is 0. The number of nitrogens with zero attached hydrogens (tertiary/aromatic N) is 1. The van der Waals surface area contributed by atoms with Crippen LogP contribution in [0.3, 0.4) is 0 Å². The zero-order valence-corrected chi connectivity index (χ0v) is 47.8. The van der Waals surface area contributed by atoms with Gasteiger partial charge >= 0.3 is 17.9 Å². The molecular formula is C55H103N4O16+. The summed E-state index contributed by atoms with van der Waals surface area (Å²) in [5.74, 6) is -2.36. The number of carboxylic acid groups (broad SMARTS) is 1. The molecular weight excluding hydrogens is 973 g/mol. The largest absolute Gasteiger partial charge is 0.481 e. The molecule has 0 unspecified atom stereocenters. The lowest BCUT2D eigenvalue weighted by atomic mass is 10.0. The Bertz CT molecular complexity index is 1530. The third-order valence-electron chi connectivity index (χ3n) is 11.4. The predicted octanol–water partition coefficient (Wildman–Crippen LogP) is 6.41. The molecule has 0 aromatic heterocycles. The number of unbranched alkanes of at least 4 members (excludes halogenated alkanes) is 13. The molecule has 75 heavy (non-hydrogen) atoms. The van der Waals surface area contributed by atoms with Gasteiger partial charge in [0.1, 0.15) is 37.0 Å². The van der Waals surface area contributed by atoms with Crippen molar-refractivity contribution >= 4 is 41.4 Å². The Morgan fingerprint density at radius 2 is 0.920 bits per heavy atom. The maximum atomic E-state index is 13.0. The quantitative estimate of drug-likeness (QED) is 0.0292. The highest BCUT2D eigenvalue weighted by atomic mass is 16.6. The van der Waals surface area contributed by atoms with Gasteiger partial charge in [0.25, 0.3) is 0 Å². The molecule has 0 rings (SSSR count). The number of carbonyl (C=O) groups excluding carboxylic acids is 6. The summed E-state index contributed by atoms with van der Waals surface area (Å²) in [5, 5.41) is 17.0. The van der Waals surface area contributed by atoms with Crippen LogP contribution in [0.2, 0.25) is 0 Å². The molecule has 4 N–H and O–H groups in total. The summed E-state index contributed by atoms with van der Waals surface area (Å²) in [6, 6.07) is -0.936. The Kier molecular flexibility index (Phi) is 43.0. The summed E-state index contributed by atoms with van der Waals surface area (Å²) in [6.07, 6.45) is 17.3. The highest BCUT2D eigenvalue weighted by Gasteiger charge is 2.27. The maximum absolute atomic E-state index is 13.0. The zero-order chi connectivity index (χ0) is 56.1. The lowest BCUT2D eigenvalue weighted by Gasteiger charge is -2.29. The van der Waals surface area contributed by atoms with Crippen molar-refractivity contribution in [3.8, 4) is 0 Å². The first kappa shape index (κ1) is 71.2. The van der Waals surface area contributed by atoms with Crippen LogP contribution in [0.5, 0.6) is 0 Å². The van der Waals surface area contributed by atoms with E-state index in [1.54, 1.807) is 20.8 Å². The molecule has 0 saturated heterocycles. The minimum Gasteiger partial charge on any atom is -0.481 e. The van der Waals surface area contributed by atoms with E-state index in [1.807, 2.05) is 34.9 Å². The van der Waals surface area contributed by atoms with Crippen molar-refractivity contribution in [2.24, 2.45) is 0 Å². The van der Waals surface area contributed by atoms with E-state index in [0.29, 0.717) is 76.3 Å². The van der Waals surface area contributed by atoms with Crippen molar-refractivity contribution in [2.45, 2.75) is 194 Å². The zero-order valence-electron chi connectivity index (χ0n) is 47.8. The number of aliphatic carboxylic acids is 1. The number of esters is 2. The Balaban J connectivity index is 3.94. The fourth-order valence-electron chi connectivity index (χ4n) is 7.27. The molecule has 3 amide bonds. The van der Waals surface area contributed by atoms with Gasteiger partial charge in [-0.3, -0.25) is 28.8 Å². The lowest BCUT2D eigenvalue weighted by Crippen LogP contribution is -2.47. The number of ketones is 1. The second kappa shape index (κ2) is 45.3. The minimum absolute atomic E-state index is 0.0167. The van der Waals surface area contributed by atoms with Crippen molar-refractivity contribution in [3.63, 3.8) is 0 Å². The van der Waals surface area contributed by atoms with Gasteiger partial charge in [0.05, 0.1) is 93.1 Å². The maximum Gasteiger partial charge on any atom is 0.329 e. The van der Waals surface area contributed by atoms with Crippen LogP contribution in [0.4, 0.5) is 0 Å². The number of Topliss-reactive ketones (excluding diaryl/α,β-unsaturated/α-hetero) is 1. The van der Waals surface area contributed by atoms with Crippen molar-refractivity contribution in [1.29, 1.82) is 0 Å². The van der Waals surface area contributed by atoms with Crippen LogP contribution in [-0.2, 0) is 71.5 Å². The highest BCUT2D eigenvalue weighted by Crippen LogP contribution is 2.16. The number of carbonyl (C=O) groups is 7. The topological polar surface area (TPSA) is 250 Å². The molecule has 0 aliphatic heterocycles. The van der Waals surface area contributed by atoms with Crippen molar-refractivity contribution < 1.29 is 81.0 Å². The van der Waals surface area contributed by atoms with Crippen molar-refractivity contribution in [2.75, 3.05) is 120 Å². The first-order valence-electron chi connectivity index (χ1n) is 27.9. The van der Waals surface area contributed by atoms with Crippen LogP contribution in [0.25, 0.3) is 0 Å². The third-order valence-corrected chi connectivity index (χ3v) is 11.4. The molecule has 0 bridgehead atoms. The highest BCUT2D eigenvalue weighted by molar-refractivity contribution is 5.85. The van der Waals surface area contributed by atoms with E-state index in [1.165, 1.54) is 51.4 Å². The Labute approximate surface area is 450 Å². The summed E-state index contributed by atoms with van der Waals surface area (Å²) in [6.45, 7) is 16.0. The molecule has 20 heteroatoms. The number of likely N-dealkylation sites (N-methyl/N-ethyl adjacent to an activating group) is 1. The normalized spacial score (nSPS) is 12.3. The van der Waals surface area contributed by atoms with Gasteiger partial charge in [-0.2, -0.15) is 0 Å². The van der Waals surface area contributed by atoms with Crippen LogP contribution in [0.15, 0.2) is 0 Å². The van der Waals surface area contributed by atoms with E-state index in [0.717, 1.165) is 45.1 Å². The molecule has 20 nitrogen and oxygen atoms in total. The summed E-state index contributed by atoms with van der Waals surface area (Å²) < 4.78 is 44.1. The van der Waals surface area contributed by atoms with E-state index in [-0.39, 0.29) is 102 Å². The first-order valence-corrected chi connectivity index (χ1v) is 27.9. The van der Waals surface area contributed by atoms with Crippen molar-refractivity contribution in [3.05, 3.63) is 0 Å². The third kappa shape index (κ3) is 52.1. The molecule has 438 valence electrons. The Hall–Kier alpha value is -3.79. The summed E-state index contributed by atoms with van der Waals surface area (Å²) in [5.41, 5.74) is -1.16. The van der Waals surface area contributed by atoms with E-state index in [2.05, 4.69) is 16.0 Å². The predicted molar refractivity (Wildman–Crippen MR) is 286 cm³/mol. The van der Waals surface area contributed by atoms with Crippen molar-refractivity contribution in [1.82, 2.24) is 16.0 Å². The Morgan fingerprint density at radius 3 is 1.48 bits per heavy atom. The van der Waals surface area contributed by atoms with E-state index in [4.69, 9.17) is 43.0 Å². The SMILES string of the molecule is CC(C)(C)OC(=O)CCCCCCCCCCCCCCCCC(=O)N[C@@H](CCC(=O)NCCOCCOCC(=O)CCCOCCOCC(=O)NCC[N+](C)(C)CCOCCOCCC(=O)O)C(=O)OC(C)(C)C. The second-order valence-electron chi connectivity index (χ2n) is 21.7. The monoisotopic (exact) mass is 1080 g/mol. The summed E-state index contributed by atoms with van der Waals surface area (Å²) in [7, 11) is 4.08. The van der Waals surface area contributed by atoms with Gasteiger partial charge in [-0.15, -0.1) is 0 Å². The molecule has 0 spiro atoms. The number of rotatable bonds is 51. The number of amides is 3. The fourth-order valence-corrected chi connectivity index (χ4v) is 7.27. The molecule has 0 heterocycles. The summed E-state index contributed by atoms with van der Waals surface area (Å²) in [4.78, 5) is 84.9. The van der Waals surface area contributed by atoms with E-state index < -0.39 is 29.2 Å². The minimum atomic E-state index is -0.936. The van der Waals surface area contributed by atoms with Gasteiger partial charge in [0.15, 0.2) is 5.78 Å². The number of carboxylic acids is 1. The molecule has 0 fully saturated rings. The van der Waals surface area contributed by atoms with Gasteiger partial charge < -0.3 is 63.4 Å². The average molecular weight is 1080 g/mol. The van der Waals surface area contributed by atoms with Crippen LogP contribution in [0, 0.1) is 0 Å². The first-order chi connectivity index (χ1) is 35.6. The van der Waals surface area contributed by atoms with Gasteiger partial charge in [0, 0.05) is 38.8 Å². The van der Waals surface area contributed by atoms with Crippen LogP contribution in [0.1, 0.15) is 176 Å². The molecule has 0 radical (unpaired) electrons. The molecule has 0 aromatic carbocycles. The lowest BCUT2D eigenvalue weighted by molar-refractivity contribution is -0.889. The van der Waals surface area contributed by atoms with Gasteiger partial charge in [-0.05, 0) is 67.2 Å². The number of quaternary nitrogens is 1. The van der Waals surface area contributed by atoms with Crippen LogP contribution >= 0.6 is 0 Å². The molecule has 1 atom stereocenters. The molecule has 0 aromatic rings. The molecule has 0 aliphatic carbocycles. The van der Waals surface area contributed by atoms with Crippen LogP contribution < -0.4 is 16.0 Å². The van der Waals surface area contributed by atoms with Crippen LogP contribution in [-0.4, -0.2) is 188 Å². The van der Waals surface area contributed by atoms with Gasteiger partial charge in [-0.1, -0.05) is 77.0 Å². The number of hydrogen-bond donors (Lipinski definition) is 4. The van der Waals surface area contributed by atoms with E-state index in [9.17, 15) is 33.6 Å². The average Bonchev–Trinajstić information content (AvgIpc) is 3.31. The second-order valence-corrected chi connectivity index (χ2v) is 21.7. The number of nitrogens with one attached hydrogen (secondary N) is 3. The smallest absolute Gasteiger partial charge is 0.329 e.